The highest BCUT2D eigenvalue weighted by molar-refractivity contribution is 6.31. The van der Waals surface area contributed by atoms with Crippen LogP contribution in [0.25, 0.3) is 0 Å². The largest absolute Gasteiger partial charge is 0.417 e. The predicted molar refractivity (Wildman–Crippen MR) is 370 cm³/mol. The van der Waals surface area contributed by atoms with Crippen LogP contribution in [0.4, 0.5) is 13.2 Å². The minimum Gasteiger partial charge on any atom is -0.369 e. The monoisotopic (exact) mass is 1430 g/mol. The van der Waals surface area contributed by atoms with E-state index in [0.717, 1.165) is 54.0 Å². The lowest BCUT2D eigenvalue weighted by Gasteiger charge is -2.45. The zero-order chi connectivity index (χ0) is 74.8. The third kappa shape index (κ3) is 23.5. The number of hydrogen-bond acceptors (Lipinski definition) is 13. The van der Waals surface area contributed by atoms with Gasteiger partial charge in [-0.1, -0.05) is 97.7 Å². The Morgan fingerprint density at radius 1 is 0.680 bits per heavy atom. The van der Waals surface area contributed by atoms with Gasteiger partial charge in [-0.05, 0) is 127 Å². The summed E-state index contributed by atoms with van der Waals surface area (Å²) in [6.07, 6.45) is 1.23. The Balaban J connectivity index is 1.55. The highest BCUT2D eigenvalue weighted by Gasteiger charge is 2.48. The van der Waals surface area contributed by atoms with E-state index in [0.29, 0.717) is 31.2 Å². The lowest BCUT2D eigenvalue weighted by molar-refractivity contribution is -0.162. The van der Waals surface area contributed by atoms with E-state index in [9.17, 15) is 51.5 Å². The number of carbonyl (C=O) groups is 12. The lowest BCUT2D eigenvalue weighted by Crippen LogP contribution is -2.66. The van der Waals surface area contributed by atoms with E-state index in [2.05, 4.69) is 26.6 Å². The van der Waals surface area contributed by atoms with E-state index < -0.39 is 167 Å². The number of ether oxygens (including phenoxy) is 1. The number of benzene rings is 1. The minimum atomic E-state index is -4.74. The van der Waals surface area contributed by atoms with Crippen molar-refractivity contribution in [3.63, 3.8) is 0 Å². The fourth-order valence-corrected chi connectivity index (χ4v) is 14.0. The van der Waals surface area contributed by atoms with Gasteiger partial charge in [0, 0.05) is 79.3 Å². The van der Waals surface area contributed by atoms with Gasteiger partial charge in [-0.15, -0.1) is 0 Å². The summed E-state index contributed by atoms with van der Waals surface area (Å²) in [7, 11) is 7.17. The van der Waals surface area contributed by atoms with Crippen molar-refractivity contribution in [2.45, 2.75) is 244 Å². The minimum absolute atomic E-state index is 0.00124. The molecule has 3 saturated heterocycles. The summed E-state index contributed by atoms with van der Waals surface area (Å²) in [5.74, 6) is -8.26. The lowest BCUT2D eigenvalue weighted by atomic mass is 9.84. The zero-order valence-electron chi connectivity index (χ0n) is 61.5. The molecule has 1 aromatic rings. The van der Waals surface area contributed by atoms with Gasteiger partial charge in [0.1, 0.15) is 54.9 Å². The Morgan fingerprint density at radius 3 is 1.92 bits per heavy atom. The topological polar surface area (TPSA) is 297 Å². The Labute approximate surface area is 593 Å². The Hall–Kier alpha value is -7.10. The molecule has 0 bridgehead atoms. The van der Waals surface area contributed by atoms with Gasteiger partial charge >= 0.3 is 6.18 Å². The van der Waals surface area contributed by atoms with E-state index in [1.165, 1.54) is 65.8 Å². The number of rotatable bonds is 14. The molecular formula is C71H112ClF3N12O13. The number of amides is 12. The Bertz CT molecular complexity index is 3050. The summed E-state index contributed by atoms with van der Waals surface area (Å²) in [5, 5.41) is 13.6. The molecule has 0 spiro atoms. The van der Waals surface area contributed by atoms with Crippen molar-refractivity contribution in [2.24, 2.45) is 23.7 Å². The fourth-order valence-electron chi connectivity index (χ4n) is 13.7. The molecule has 0 aromatic heterocycles. The number of nitrogens with one attached hydrogen (secondary N) is 5. The van der Waals surface area contributed by atoms with Crippen LogP contribution in [0.3, 0.4) is 0 Å². The Morgan fingerprint density at radius 2 is 1.33 bits per heavy atom. The maximum Gasteiger partial charge on any atom is 0.417 e. The highest BCUT2D eigenvalue weighted by Crippen LogP contribution is 2.36. The first-order valence-electron chi connectivity index (χ1n) is 35.6. The van der Waals surface area contributed by atoms with Crippen molar-refractivity contribution in [3.05, 3.63) is 34.3 Å². The molecule has 1 saturated carbocycles. The van der Waals surface area contributed by atoms with Gasteiger partial charge in [0.15, 0.2) is 0 Å². The molecule has 5 rings (SSSR count). The summed E-state index contributed by atoms with van der Waals surface area (Å²) in [6, 6.07) is -7.12. The molecule has 5 N–H and O–H groups in total. The SMILES string of the molecule is CC[C@H](C)[C@@H]1NC(=O)[C@H](CC(C)C)N(C)C(=O)C[C@@H](C)NC(=O)[C@H](C(C)C)N(C)C(=O)CCCCNC(=O)[C@@H]2CCCN2C(=O)[C@H](CCc2ccc(C(F)(F)F)c(Cl)c2)NC(=O)CN(C)C(=O)[C@H](CC2CCCCC2)N(C)C(=O)[C@@H]2CCN2C(=O)[C@H](COCC(=O)NC(C)(C)C)N(C)C1=O. The van der Waals surface area contributed by atoms with Crippen LogP contribution in [-0.4, -0.2) is 240 Å². The second-order valence-electron chi connectivity index (χ2n) is 29.8. The fraction of sp³-hybridized carbons (Fsp3) is 0.746. The average molecular weight is 1430 g/mol. The molecule has 3 aliphatic heterocycles. The van der Waals surface area contributed by atoms with Gasteiger partial charge < -0.3 is 65.6 Å². The predicted octanol–water partition coefficient (Wildman–Crippen LogP) is 5.46. The van der Waals surface area contributed by atoms with E-state index in [1.54, 1.807) is 48.5 Å². The Kier molecular flexibility index (Phi) is 31.5. The van der Waals surface area contributed by atoms with Crippen LogP contribution in [0.2, 0.25) is 5.02 Å². The molecular weight excluding hydrogens is 1320 g/mol. The van der Waals surface area contributed by atoms with Crippen molar-refractivity contribution >= 4 is 82.5 Å². The van der Waals surface area contributed by atoms with Gasteiger partial charge in [0.25, 0.3) is 0 Å². The quantitative estimate of drug-likeness (QED) is 0.155. The molecule has 4 fully saturated rings. The van der Waals surface area contributed by atoms with Crippen LogP contribution in [-0.2, 0) is 74.9 Å². The van der Waals surface area contributed by atoms with Gasteiger partial charge in [-0.2, -0.15) is 13.2 Å². The van der Waals surface area contributed by atoms with Crippen molar-refractivity contribution in [1.29, 1.82) is 0 Å². The molecule has 4 aliphatic rings. The maximum atomic E-state index is 15.2. The molecule has 29 heteroatoms. The molecule has 0 unspecified atom stereocenters. The van der Waals surface area contributed by atoms with E-state index in [-0.39, 0.29) is 94.7 Å². The molecule has 100 heavy (non-hydrogen) atoms. The number of fused-ring (bicyclic) bond motifs is 2. The first-order valence-corrected chi connectivity index (χ1v) is 36.0. The molecule has 562 valence electrons. The number of nitrogens with zero attached hydrogens (tertiary/aromatic N) is 7. The van der Waals surface area contributed by atoms with Crippen LogP contribution in [0.15, 0.2) is 18.2 Å². The smallest absolute Gasteiger partial charge is 0.369 e. The van der Waals surface area contributed by atoms with Gasteiger partial charge in [0.05, 0.1) is 23.7 Å². The molecule has 1 aliphatic carbocycles. The van der Waals surface area contributed by atoms with Crippen molar-refractivity contribution < 1.29 is 75.4 Å². The van der Waals surface area contributed by atoms with Crippen LogP contribution in [0.1, 0.15) is 183 Å². The van der Waals surface area contributed by atoms with Crippen LogP contribution < -0.4 is 26.6 Å². The molecule has 1 aromatic carbocycles. The summed E-state index contributed by atoms with van der Waals surface area (Å²) in [4.78, 5) is 182. The van der Waals surface area contributed by atoms with Crippen LogP contribution in [0, 0.1) is 23.7 Å². The normalized spacial score (nSPS) is 26.1. The first kappa shape index (κ1) is 83.6. The summed E-state index contributed by atoms with van der Waals surface area (Å²) >= 11 is 6.11. The van der Waals surface area contributed by atoms with Gasteiger partial charge in [-0.3, -0.25) is 57.5 Å². The maximum absolute atomic E-state index is 15.2. The van der Waals surface area contributed by atoms with Crippen LogP contribution in [0.5, 0.6) is 0 Å². The summed E-state index contributed by atoms with van der Waals surface area (Å²) in [6.45, 7) is 16.4. The number of carbonyl (C=O) groups excluding carboxylic acids is 12. The number of hydrogen-bond donors (Lipinski definition) is 5. The summed E-state index contributed by atoms with van der Waals surface area (Å²) < 4.78 is 47.2. The van der Waals surface area contributed by atoms with Crippen molar-refractivity contribution in [3.8, 4) is 0 Å². The number of halogens is 4. The summed E-state index contributed by atoms with van der Waals surface area (Å²) in [5.41, 5.74) is -1.40. The standard InChI is InChI=1S/C71H112ClF3N12O13/c1-16-44(6)60-69(99)84(14)55(40-100-41-57(89)80-70(8,9)10)68(98)87-34-31-52(87)67(97)83(13)54(38-46-23-18-17-19-24-46)66(96)81(11)39-56(88)78-50(30-28-47-27-29-48(49(72)37-47)71(73,74)75)65(95)86-33-22-25-51(86)62(92)76-32-21-20-26-58(90)85(15)61(43(4)5)64(94)77-45(7)36-59(91)82(12)53(35-42(2)3)63(93)79-60/h27,29,37,42-46,50-55,60-61H,16-26,28,30-36,38-41H2,1-15H3,(H,76,92)(H,77,94)(H,78,88)(H,79,93)(H,80,89)/t44-,45+,50-,51-,52-,53-,54-,55-,60-,61-/m0/s1. The number of aryl methyl sites for hydroxylation is 1. The van der Waals surface area contributed by atoms with E-state index in [1.807, 2.05) is 20.8 Å². The second-order valence-corrected chi connectivity index (χ2v) is 30.2. The van der Waals surface area contributed by atoms with Gasteiger partial charge in [0.2, 0.25) is 70.9 Å². The van der Waals surface area contributed by atoms with E-state index in [4.69, 9.17) is 16.3 Å². The molecule has 12 amide bonds. The molecule has 25 nitrogen and oxygen atoms in total. The third-order valence-electron chi connectivity index (χ3n) is 19.7. The van der Waals surface area contributed by atoms with Crippen LogP contribution >= 0.6 is 11.6 Å². The first-order chi connectivity index (χ1) is 46.8. The van der Waals surface area contributed by atoms with Crippen molar-refractivity contribution in [2.75, 3.05) is 74.6 Å². The molecule has 0 radical (unpaired) electrons. The zero-order valence-corrected chi connectivity index (χ0v) is 62.2. The number of likely N-dealkylation sites (N-methyl/N-ethyl adjacent to an activating group) is 5. The highest BCUT2D eigenvalue weighted by atomic mass is 35.5. The molecule has 10 atom stereocenters. The third-order valence-corrected chi connectivity index (χ3v) is 20.0. The van der Waals surface area contributed by atoms with Gasteiger partial charge in [-0.25, -0.2) is 0 Å². The number of alkyl halides is 3. The second kappa shape index (κ2) is 37.7. The molecule has 3 heterocycles. The average Bonchev–Trinajstić information content (AvgIpc) is 0.990. The van der Waals surface area contributed by atoms with E-state index >= 15 is 19.2 Å². The van der Waals surface area contributed by atoms with Crippen molar-refractivity contribution in [1.82, 2.24) is 60.9 Å².